The van der Waals surface area contributed by atoms with Gasteiger partial charge in [-0.15, -0.1) is 0 Å². The SMILES string of the molecule is CCC(CC)(c1ccc(OCC(=O)C(C)(C)C)c(C)c1)c1c[nH]c2cc(CCC(=O)OC)ccc12. The van der Waals surface area contributed by atoms with Crippen LogP contribution in [0.5, 0.6) is 5.75 Å². The van der Waals surface area contributed by atoms with Gasteiger partial charge in [0, 0.05) is 34.4 Å². The number of benzene rings is 2. The highest BCUT2D eigenvalue weighted by Gasteiger charge is 2.33. The molecule has 188 valence electrons. The fourth-order valence-corrected chi connectivity index (χ4v) is 4.74. The molecule has 0 saturated heterocycles. The summed E-state index contributed by atoms with van der Waals surface area (Å²) < 4.78 is 10.7. The Morgan fingerprint density at radius 3 is 2.31 bits per heavy atom. The van der Waals surface area contributed by atoms with E-state index in [9.17, 15) is 9.59 Å². The van der Waals surface area contributed by atoms with E-state index in [1.807, 2.05) is 33.8 Å². The molecule has 1 aromatic heterocycles. The molecular weight excluding hydrogens is 438 g/mol. The number of methoxy groups -OCH3 is 1. The maximum Gasteiger partial charge on any atom is 0.305 e. The maximum atomic E-state index is 12.3. The number of aryl methyl sites for hydroxylation is 2. The van der Waals surface area contributed by atoms with Crippen molar-refractivity contribution >= 4 is 22.7 Å². The lowest BCUT2D eigenvalue weighted by molar-refractivity contribution is -0.140. The second-order valence-electron chi connectivity index (χ2n) is 10.4. The summed E-state index contributed by atoms with van der Waals surface area (Å²) in [5, 5.41) is 1.20. The molecule has 0 fully saturated rings. The first-order valence-electron chi connectivity index (χ1n) is 12.5. The molecule has 5 heteroatoms. The van der Waals surface area contributed by atoms with Gasteiger partial charge in [-0.2, -0.15) is 0 Å². The molecule has 0 saturated carbocycles. The third-order valence-electron chi connectivity index (χ3n) is 7.24. The van der Waals surface area contributed by atoms with Crippen LogP contribution in [0, 0.1) is 12.3 Å². The number of hydrogen-bond donors (Lipinski definition) is 1. The van der Waals surface area contributed by atoms with E-state index in [-0.39, 0.29) is 23.8 Å². The third kappa shape index (κ3) is 5.61. The zero-order chi connectivity index (χ0) is 25.8. The van der Waals surface area contributed by atoms with Crippen molar-refractivity contribution in [3.8, 4) is 5.75 Å². The van der Waals surface area contributed by atoms with Crippen LogP contribution in [0.2, 0.25) is 0 Å². The van der Waals surface area contributed by atoms with Gasteiger partial charge in [0.2, 0.25) is 0 Å². The average molecular weight is 478 g/mol. The molecule has 0 spiro atoms. The molecule has 1 N–H and O–H groups in total. The van der Waals surface area contributed by atoms with Gasteiger partial charge in [-0.3, -0.25) is 9.59 Å². The highest BCUT2D eigenvalue weighted by molar-refractivity contribution is 5.86. The minimum Gasteiger partial charge on any atom is -0.486 e. The summed E-state index contributed by atoms with van der Waals surface area (Å²) >= 11 is 0. The summed E-state index contributed by atoms with van der Waals surface area (Å²) in [5.41, 5.74) is 5.15. The number of H-pyrrole nitrogens is 1. The van der Waals surface area contributed by atoms with E-state index < -0.39 is 5.41 Å². The highest BCUT2D eigenvalue weighted by atomic mass is 16.5. The number of carbonyl (C=O) groups excluding carboxylic acids is 2. The van der Waals surface area contributed by atoms with Crippen LogP contribution in [0.4, 0.5) is 0 Å². The summed E-state index contributed by atoms with van der Waals surface area (Å²) in [7, 11) is 1.42. The molecule has 3 aromatic rings. The Bertz CT molecular complexity index is 1190. The minimum absolute atomic E-state index is 0.0805. The zero-order valence-electron chi connectivity index (χ0n) is 22.2. The van der Waals surface area contributed by atoms with Crippen LogP contribution >= 0.6 is 0 Å². The quantitative estimate of drug-likeness (QED) is 0.331. The van der Waals surface area contributed by atoms with E-state index in [4.69, 9.17) is 9.47 Å². The Kier molecular flexibility index (Phi) is 8.09. The number of aromatic nitrogens is 1. The van der Waals surface area contributed by atoms with Crippen molar-refractivity contribution in [3.05, 3.63) is 64.8 Å². The third-order valence-corrected chi connectivity index (χ3v) is 7.24. The normalized spacial score (nSPS) is 12.1. The van der Waals surface area contributed by atoms with Crippen molar-refractivity contribution in [1.82, 2.24) is 4.98 Å². The Labute approximate surface area is 209 Å². The molecule has 2 aromatic carbocycles. The topological polar surface area (TPSA) is 68.4 Å². The number of ketones is 1. The van der Waals surface area contributed by atoms with E-state index in [1.165, 1.54) is 23.6 Å². The van der Waals surface area contributed by atoms with E-state index in [0.717, 1.165) is 35.2 Å². The van der Waals surface area contributed by atoms with Crippen LogP contribution in [0.15, 0.2) is 42.6 Å². The predicted octanol–water partition coefficient (Wildman–Crippen LogP) is 6.68. The summed E-state index contributed by atoms with van der Waals surface area (Å²) in [4.78, 5) is 27.3. The van der Waals surface area contributed by atoms with Crippen LogP contribution in [-0.4, -0.2) is 30.5 Å². The smallest absolute Gasteiger partial charge is 0.305 e. The Morgan fingerprint density at radius 1 is 1.00 bits per heavy atom. The van der Waals surface area contributed by atoms with Crippen LogP contribution in [0.1, 0.15) is 76.1 Å². The number of carbonyl (C=O) groups is 2. The lowest BCUT2D eigenvalue weighted by Gasteiger charge is -2.33. The molecule has 1 heterocycles. The minimum atomic E-state index is -0.415. The molecule has 0 aliphatic carbocycles. The van der Waals surface area contributed by atoms with Gasteiger partial charge in [0.05, 0.1) is 7.11 Å². The Morgan fingerprint density at radius 2 is 1.71 bits per heavy atom. The average Bonchev–Trinajstić information content (AvgIpc) is 3.26. The zero-order valence-corrected chi connectivity index (χ0v) is 22.2. The Balaban J connectivity index is 1.92. The first-order chi connectivity index (χ1) is 16.6. The predicted molar refractivity (Wildman–Crippen MR) is 141 cm³/mol. The largest absolute Gasteiger partial charge is 0.486 e. The summed E-state index contributed by atoms with van der Waals surface area (Å²) in [6.45, 7) is 12.3. The van der Waals surface area contributed by atoms with Crippen LogP contribution < -0.4 is 4.74 Å². The van der Waals surface area contributed by atoms with Crippen LogP contribution in [0.3, 0.4) is 0 Å². The first-order valence-corrected chi connectivity index (χ1v) is 12.5. The number of esters is 1. The molecule has 0 aliphatic heterocycles. The molecule has 0 unspecified atom stereocenters. The van der Waals surface area contributed by atoms with Crippen molar-refractivity contribution in [2.24, 2.45) is 5.41 Å². The van der Waals surface area contributed by atoms with E-state index >= 15 is 0 Å². The molecule has 5 nitrogen and oxygen atoms in total. The van der Waals surface area contributed by atoms with Crippen LogP contribution in [0.25, 0.3) is 10.9 Å². The number of aromatic amines is 1. The first kappa shape index (κ1) is 26.5. The maximum absolute atomic E-state index is 12.3. The van der Waals surface area contributed by atoms with E-state index in [0.29, 0.717) is 12.8 Å². The molecule has 0 bridgehead atoms. The second-order valence-corrected chi connectivity index (χ2v) is 10.4. The fraction of sp³-hybridized carbons (Fsp3) is 0.467. The van der Waals surface area contributed by atoms with Gasteiger partial charge in [0.1, 0.15) is 12.4 Å². The lowest BCUT2D eigenvalue weighted by Crippen LogP contribution is -2.27. The number of rotatable bonds is 10. The number of hydrogen-bond acceptors (Lipinski definition) is 4. The van der Waals surface area contributed by atoms with Crippen molar-refractivity contribution in [1.29, 1.82) is 0 Å². The van der Waals surface area contributed by atoms with Gasteiger partial charge in [0.25, 0.3) is 0 Å². The van der Waals surface area contributed by atoms with Crippen LogP contribution in [-0.2, 0) is 26.2 Å². The van der Waals surface area contributed by atoms with Crippen molar-refractivity contribution in [3.63, 3.8) is 0 Å². The van der Waals surface area contributed by atoms with Crippen molar-refractivity contribution < 1.29 is 19.1 Å². The fourth-order valence-electron chi connectivity index (χ4n) is 4.74. The summed E-state index contributed by atoms with van der Waals surface area (Å²) in [6, 6.07) is 12.7. The Hall–Kier alpha value is -3.08. The van der Waals surface area contributed by atoms with Gasteiger partial charge < -0.3 is 14.5 Å². The number of fused-ring (bicyclic) bond motifs is 1. The number of Topliss-reactive ketones (excluding diaryl/α,β-unsaturated/α-hetero) is 1. The van der Waals surface area contributed by atoms with Gasteiger partial charge in [0.15, 0.2) is 5.78 Å². The molecule has 0 aliphatic rings. The van der Waals surface area contributed by atoms with Gasteiger partial charge in [-0.1, -0.05) is 58.9 Å². The molecule has 35 heavy (non-hydrogen) atoms. The van der Waals surface area contributed by atoms with E-state index in [2.05, 4.69) is 55.4 Å². The molecule has 3 rings (SSSR count). The summed E-state index contributed by atoms with van der Waals surface area (Å²) in [6.07, 6.45) is 5.05. The number of ether oxygens (including phenoxy) is 2. The monoisotopic (exact) mass is 477 g/mol. The molecule has 0 amide bonds. The molecule has 0 radical (unpaired) electrons. The van der Waals surface area contributed by atoms with E-state index in [1.54, 1.807) is 0 Å². The lowest BCUT2D eigenvalue weighted by atomic mass is 9.70. The van der Waals surface area contributed by atoms with Gasteiger partial charge in [-0.05, 0) is 60.6 Å². The van der Waals surface area contributed by atoms with Crippen molar-refractivity contribution in [2.45, 2.75) is 72.6 Å². The standard InChI is InChI=1S/C30H39NO4/c1-8-30(9-2,22-12-14-26(20(3)16-22)35-19-27(32)29(4,5)6)24-18-31-25-17-21(10-13-23(24)25)11-15-28(33)34-7/h10,12-14,16-18,31H,8-9,11,15,19H2,1-7H3. The highest BCUT2D eigenvalue weighted by Crippen LogP contribution is 2.43. The molecule has 0 atom stereocenters. The van der Waals surface area contributed by atoms with Crippen molar-refractivity contribution in [2.75, 3.05) is 13.7 Å². The summed E-state index contributed by atoms with van der Waals surface area (Å²) in [5.74, 6) is 0.641. The van der Waals surface area contributed by atoms with Gasteiger partial charge in [-0.25, -0.2) is 0 Å². The number of nitrogens with one attached hydrogen (secondary N) is 1. The van der Waals surface area contributed by atoms with Gasteiger partial charge >= 0.3 is 5.97 Å². The second kappa shape index (κ2) is 10.7. The molecular formula is C30H39NO4.